The van der Waals surface area contributed by atoms with Crippen molar-refractivity contribution in [3.63, 3.8) is 0 Å². The molecule has 1 unspecified atom stereocenters. The highest BCUT2D eigenvalue weighted by molar-refractivity contribution is 5.69. The molecule has 2 nitrogen and oxygen atoms in total. The predicted octanol–water partition coefficient (Wildman–Crippen LogP) is 6.03. The molecule has 0 aliphatic carbocycles. The van der Waals surface area contributed by atoms with Gasteiger partial charge < -0.3 is 5.11 Å². The van der Waals surface area contributed by atoms with Gasteiger partial charge in [-0.1, -0.05) is 37.6 Å². The standard InChI is InChI=1S/C19H25F5O2/c1-2-5-14-9-11-15(12-10-14)6-3-7-16(17(25)26)8-4-13-18(20,21)19(22,23)24/h9-12,16H,2-8,13H2,1H3,(H,25,26). The minimum Gasteiger partial charge on any atom is -0.481 e. The molecule has 1 rings (SSSR count). The molecule has 0 spiro atoms. The van der Waals surface area contributed by atoms with Crippen molar-refractivity contribution in [1.82, 2.24) is 0 Å². The van der Waals surface area contributed by atoms with E-state index in [9.17, 15) is 26.7 Å². The number of hydrogen-bond acceptors (Lipinski definition) is 1. The first-order chi connectivity index (χ1) is 12.1. The topological polar surface area (TPSA) is 37.3 Å². The summed E-state index contributed by atoms with van der Waals surface area (Å²) in [7, 11) is 0. The number of carbonyl (C=O) groups is 1. The molecule has 1 aromatic carbocycles. The Hall–Kier alpha value is -1.66. The van der Waals surface area contributed by atoms with Gasteiger partial charge in [0.15, 0.2) is 0 Å². The number of aryl methyl sites for hydroxylation is 2. The van der Waals surface area contributed by atoms with Crippen LogP contribution in [0.1, 0.15) is 56.6 Å². The number of aliphatic carboxylic acids is 1. The highest BCUT2D eigenvalue weighted by Crippen LogP contribution is 2.39. The Morgan fingerprint density at radius 2 is 1.46 bits per heavy atom. The molecule has 0 heterocycles. The van der Waals surface area contributed by atoms with E-state index in [1.54, 1.807) is 0 Å². The molecular weight excluding hydrogens is 355 g/mol. The summed E-state index contributed by atoms with van der Waals surface area (Å²) >= 11 is 0. The number of benzene rings is 1. The minimum absolute atomic E-state index is 0.184. The quantitative estimate of drug-likeness (QED) is 0.476. The summed E-state index contributed by atoms with van der Waals surface area (Å²) in [5.41, 5.74) is 2.28. The fourth-order valence-corrected chi connectivity index (χ4v) is 2.82. The maximum Gasteiger partial charge on any atom is 0.453 e. The lowest BCUT2D eigenvalue weighted by atomic mass is 9.93. The van der Waals surface area contributed by atoms with Crippen LogP contribution in [0.4, 0.5) is 22.0 Å². The molecule has 0 aliphatic heterocycles. The van der Waals surface area contributed by atoms with E-state index >= 15 is 0 Å². The van der Waals surface area contributed by atoms with Crippen LogP contribution in [0, 0.1) is 5.92 Å². The zero-order valence-electron chi connectivity index (χ0n) is 14.8. The molecule has 1 aromatic rings. The summed E-state index contributed by atoms with van der Waals surface area (Å²) in [6, 6.07) is 7.99. The van der Waals surface area contributed by atoms with E-state index < -0.39 is 36.8 Å². The summed E-state index contributed by atoms with van der Waals surface area (Å²) < 4.78 is 62.1. The van der Waals surface area contributed by atoms with Crippen molar-refractivity contribution in [2.75, 3.05) is 0 Å². The van der Waals surface area contributed by atoms with Crippen LogP contribution < -0.4 is 0 Å². The van der Waals surface area contributed by atoms with Crippen molar-refractivity contribution in [3.05, 3.63) is 35.4 Å². The van der Waals surface area contributed by atoms with Crippen LogP contribution in [0.2, 0.25) is 0 Å². The molecule has 0 bridgehead atoms. The van der Waals surface area contributed by atoms with Crippen molar-refractivity contribution in [3.8, 4) is 0 Å². The number of hydrogen-bond donors (Lipinski definition) is 1. The smallest absolute Gasteiger partial charge is 0.453 e. The van der Waals surface area contributed by atoms with Crippen molar-refractivity contribution in [1.29, 1.82) is 0 Å². The van der Waals surface area contributed by atoms with E-state index in [1.165, 1.54) is 5.56 Å². The number of carboxylic acids is 1. The van der Waals surface area contributed by atoms with E-state index in [-0.39, 0.29) is 12.8 Å². The molecule has 1 atom stereocenters. The highest BCUT2D eigenvalue weighted by Gasteiger charge is 2.56. The number of alkyl halides is 5. The van der Waals surface area contributed by atoms with E-state index in [0.29, 0.717) is 12.8 Å². The van der Waals surface area contributed by atoms with Crippen molar-refractivity contribution < 1.29 is 31.9 Å². The van der Waals surface area contributed by atoms with E-state index in [1.807, 2.05) is 24.3 Å². The second-order valence-corrected chi connectivity index (χ2v) is 6.59. The van der Waals surface area contributed by atoms with Gasteiger partial charge in [-0.3, -0.25) is 4.79 Å². The molecule has 0 amide bonds. The number of rotatable bonds is 11. The molecule has 1 N–H and O–H groups in total. The maximum absolute atomic E-state index is 12.9. The molecule has 0 radical (unpaired) electrons. The van der Waals surface area contributed by atoms with Gasteiger partial charge in [0.25, 0.3) is 0 Å². The SMILES string of the molecule is CCCc1ccc(CCCC(CCCC(F)(F)C(F)(F)F)C(=O)O)cc1. The molecule has 7 heteroatoms. The van der Waals surface area contributed by atoms with Crippen LogP contribution in [0.5, 0.6) is 0 Å². The lowest BCUT2D eigenvalue weighted by molar-refractivity contribution is -0.284. The van der Waals surface area contributed by atoms with Gasteiger partial charge in [0.2, 0.25) is 0 Å². The summed E-state index contributed by atoms with van der Waals surface area (Å²) in [6.45, 7) is 2.09. The Labute approximate surface area is 150 Å². The molecule has 0 aromatic heterocycles. The van der Waals surface area contributed by atoms with Crippen LogP contribution >= 0.6 is 0 Å². The van der Waals surface area contributed by atoms with E-state index in [2.05, 4.69) is 6.92 Å². The Bertz CT molecular complexity index is 552. The third-order valence-corrected chi connectivity index (χ3v) is 4.39. The fourth-order valence-electron chi connectivity index (χ4n) is 2.82. The van der Waals surface area contributed by atoms with Gasteiger partial charge in [0.05, 0.1) is 5.92 Å². The van der Waals surface area contributed by atoms with Crippen LogP contribution in [-0.4, -0.2) is 23.2 Å². The molecule has 26 heavy (non-hydrogen) atoms. The highest BCUT2D eigenvalue weighted by atomic mass is 19.4. The molecule has 0 fully saturated rings. The molecule has 0 saturated carbocycles. The normalized spacial score (nSPS) is 13.6. The van der Waals surface area contributed by atoms with E-state index in [4.69, 9.17) is 5.11 Å². The summed E-state index contributed by atoms with van der Waals surface area (Å²) in [5.74, 6) is -6.83. The fraction of sp³-hybridized carbons (Fsp3) is 0.632. The van der Waals surface area contributed by atoms with E-state index in [0.717, 1.165) is 18.4 Å². The van der Waals surface area contributed by atoms with Crippen molar-refractivity contribution in [2.45, 2.75) is 70.4 Å². The minimum atomic E-state index is -5.59. The maximum atomic E-state index is 12.9. The van der Waals surface area contributed by atoms with Gasteiger partial charge >= 0.3 is 18.1 Å². The molecule has 0 saturated heterocycles. The van der Waals surface area contributed by atoms with Gasteiger partial charge in [-0.2, -0.15) is 22.0 Å². The van der Waals surface area contributed by atoms with Crippen LogP contribution in [-0.2, 0) is 17.6 Å². The zero-order chi connectivity index (χ0) is 19.8. The Morgan fingerprint density at radius 3 is 1.92 bits per heavy atom. The molecule has 148 valence electrons. The van der Waals surface area contributed by atoms with Crippen LogP contribution in [0.25, 0.3) is 0 Å². The third kappa shape index (κ3) is 7.30. The number of halogens is 5. The van der Waals surface area contributed by atoms with Gasteiger partial charge in [0.1, 0.15) is 0 Å². The van der Waals surface area contributed by atoms with Gasteiger partial charge in [0, 0.05) is 6.42 Å². The largest absolute Gasteiger partial charge is 0.481 e. The van der Waals surface area contributed by atoms with Gasteiger partial charge in [-0.05, 0) is 49.7 Å². The molecular formula is C19H25F5O2. The first kappa shape index (κ1) is 22.4. The predicted molar refractivity (Wildman–Crippen MR) is 89.4 cm³/mol. The Morgan fingerprint density at radius 1 is 0.962 bits per heavy atom. The average Bonchev–Trinajstić information content (AvgIpc) is 2.54. The first-order valence-electron chi connectivity index (χ1n) is 8.82. The monoisotopic (exact) mass is 380 g/mol. The second-order valence-electron chi connectivity index (χ2n) is 6.59. The Kier molecular flexibility index (Phi) is 8.50. The first-order valence-corrected chi connectivity index (χ1v) is 8.82. The third-order valence-electron chi connectivity index (χ3n) is 4.39. The van der Waals surface area contributed by atoms with Gasteiger partial charge in [-0.25, -0.2) is 0 Å². The zero-order valence-corrected chi connectivity index (χ0v) is 14.8. The lowest BCUT2D eigenvalue weighted by Crippen LogP contribution is -2.36. The molecule has 0 aliphatic rings. The van der Waals surface area contributed by atoms with Gasteiger partial charge in [-0.15, -0.1) is 0 Å². The summed E-state index contributed by atoms with van der Waals surface area (Å²) in [4.78, 5) is 11.2. The van der Waals surface area contributed by atoms with Crippen molar-refractivity contribution in [2.24, 2.45) is 5.92 Å². The average molecular weight is 380 g/mol. The number of carboxylic acid groups (broad SMARTS) is 1. The summed E-state index contributed by atoms with van der Waals surface area (Å²) in [6.07, 6.45) is -4.14. The Balaban J connectivity index is 2.42. The van der Waals surface area contributed by atoms with Crippen molar-refractivity contribution >= 4 is 5.97 Å². The summed E-state index contributed by atoms with van der Waals surface area (Å²) in [5, 5.41) is 9.15. The van der Waals surface area contributed by atoms with Crippen LogP contribution in [0.15, 0.2) is 24.3 Å². The van der Waals surface area contributed by atoms with Crippen LogP contribution in [0.3, 0.4) is 0 Å². The lowest BCUT2D eigenvalue weighted by Gasteiger charge is -2.20. The second kappa shape index (κ2) is 9.88.